The van der Waals surface area contributed by atoms with Gasteiger partial charge in [-0.25, -0.2) is 4.57 Å². The molecule has 1 aliphatic heterocycles. The number of carbonyl (C=O) groups is 1. The zero-order chi connectivity index (χ0) is 21.9. The van der Waals surface area contributed by atoms with Crippen LogP contribution in [0.1, 0.15) is 27.0 Å². The highest BCUT2D eigenvalue weighted by Crippen LogP contribution is 2.42. The lowest BCUT2D eigenvalue weighted by atomic mass is 9.95. The zero-order valence-electron chi connectivity index (χ0n) is 18.7. The van der Waals surface area contributed by atoms with E-state index in [1.54, 1.807) is 0 Å². The first-order chi connectivity index (χ1) is 15.7. The van der Waals surface area contributed by atoms with Crippen LogP contribution in [0.25, 0.3) is 11.1 Å². The fourth-order valence-electron chi connectivity index (χ4n) is 4.44. The first kappa shape index (κ1) is 23.6. The number of ether oxygens (including phenoxy) is 2. The highest BCUT2D eigenvalue weighted by molar-refractivity contribution is 6.41. The number of fused-ring (bicyclic) bond motifs is 1. The van der Waals surface area contributed by atoms with Crippen molar-refractivity contribution in [1.29, 1.82) is 0 Å². The monoisotopic (exact) mass is 554 g/mol. The number of aromatic nitrogens is 1. The molecule has 170 valence electrons. The molecule has 0 radical (unpaired) electrons. The first-order valence-electron chi connectivity index (χ1n) is 11.1. The van der Waals surface area contributed by atoms with E-state index in [1.165, 1.54) is 0 Å². The average Bonchev–Trinajstić information content (AvgIpc) is 3.12. The Morgan fingerprint density at radius 1 is 0.939 bits per heavy atom. The molecular weight excluding hydrogens is 527 g/mol. The molecule has 33 heavy (non-hydrogen) atoms. The van der Waals surface area contributed by atoms with Crippen LogP contribution in [0, 0.1) is 0 Å². The highest BCUT2D eigenvalue weighted by atomic mass is 127. The smallest absolute Gasteiger partial charge is 0.195 e. The van der Waals surface area contributed by atoms with Gasteiger partial charge in [0.05, 0.1) is 18.8 Å². The molecule has 2 aliphatic rings. The molecule has 5 rings (SSSR count). The second-order valence-electron chi connectivity index (χ2n) is 8.21. The van der Waals surface area contributed by atoms with Gasteiger partial charge in [0, 0.05) is 42.4 Å². The summed E-state index contributed by atoms with van der Waals surface area (Å²) in [5.74, 6) is 0.779. The summed E-state index contributed by atoms with van der Waals surface area (Å²) in [7, 11) is 1.97. The van der Waals surface area contributed by atoms with Gasteiger partial charge in [0.2, 0.25) is 0 Å². The van der Waals surface area contributed by atoms with Crippen LogP contribution in [-0.2, 0) is 11.8 Å². The van der Waals surface area contributed by atoms with E-state index >= 15 is 0 Å². The number of Topliss-reactive ketones (excluding diaryl/α,β-unsaturated/α-hetero) is 1. The van der Waals surface area contributed by atoms with Gasteiger partial charge in [0.15, 0.2) is 18.2 Å². The number of benzene rings is 2. The third-order valence-electron chi connectivity index (χ3n) is 6.05. The van der Waals surface area contributed by atoms with Gasteiger partial charge in [-0.2, -0.15) is 0 Å². The fourth-order valence-corrected chi connectivity index (χ4v) is 4.44. The molecule has 0 saturated carbocycles. The van der Waals surface area contributed by atoms with Crippen LogP contribution in [0.4, 0.5) is 0 Å². The van der Waals surface area contributed by atoms with E-state index in [2.05, 4.69) is 17.0 Å². The molecule has 0 amide bonds. The van der Waals surface area contributed by atoms with Crippen LogP contribution in [-0.4, -0.2) is 50.1 Å². The van der Waals surface area contributed by atoms with E-state index in [-0.39, 0.29) is 29.8 Å². The largest absolute Gasteiger partial charge is 1.00 e. The van der Waals surface area contributed by atoms with E-state index in [1.807, 2.05) is 72.5 Å². The second kappa shape index (κ2) is 10.6. The first-order valence-corrected chi connectivity index (χ1v) is 11.1. The molecule has 0 unspecified atom stereocenters. The van der Waals surface area contributed by atoms with E-state index in [9.17, 15) is 4.79 Å². The Hall–Kier alpha value is -2.55. The number of aryl methyl sites for hydroxylation is 1. The van der Waals surface area contributed by atoms with Gasteiger partial charge in [0.1, 0.15) is 19.4 Å². The lowest BCUT2D eigenvalue weighted by Crippen LogP contribution is -3.00. The van der Waals surface area contributed by atoms with Crippen molar-refractivity contribution < 1.29 is 42.8 Å². The predicted molar refractivity (Wildman–Crippen MR) is 124 cm³/mol. The Morgan fingerprint density at radius 2 is 1.70 bits per heavy atom. The Kier molecular flexibility index (Phi) is 7.57. The molecule has 3 aromatic rings. The third-order valence-corrected chi connectivity index (χ3v) is 6.05. The molecule has 0 bridgehead atoms. The molecule has 6 heteroatoms. The molecule has 0 N–H and O–H groups in total. The molecule has 1 aromatic heterocycles. The van der Waals surface area contributed by atoms with Crippen LogP contribution in [0.15, 0.2) is 73.1 Å². The minimum atomic E-state index is 0. The van der Waals surface area contributed by atoms with Gasteiger partial charge in [-0.3, -0.25) is 9.69 Å². The summed E-state index contributed by atoms with van der Waals surface area (Å²) in [6, 6.07) is 20.0. The summed E-state index contributed by atoms with van der Waals surface area (Å²) < 4.78 is 13.4. The number of hydrogen-bond donors (Lipinski definition) is 0. The van der Waals surface area contributed by atoms with Crippen LogP contribution >= 0.6 is 0 Å². The minimum absolute atomic E-state index is 0. The van der Waals surface area contributed by atoms with Crippen molar-refractivity contribution in [1.82, 2.24) is 4.90 Å². The predicted octanol–water partition coefficient (Wildman–Crippen LogP) is 0.382. The molecule has 1 aliphatic carbocycles. The van der Waals surface area contributed by atoms with Crippen molar-refractivity contribution in [3.8, 4) is 5.75 Å². The number of ketones is 1. The maximum Gasteiger partial charge on any atom is 0.195 e. The van der Waals surface area contributed by atoms with E-state index in [4.69, 9.17) is 9.47 Å². The number of carbonyl (C=O) groups excluding carboxylic acids is 1. The average molecular weight is 554 g/mol. The van der Waals surface area contributed by atoms with Crippen molar-refractivity contribution in [2.24, 2.45) is 7.05 Å². The molecule has 0 atom stereocenters. The third kappa shape index (κ3) is 5.03. The molecule has 1 saturated heterocycles. The number of nitrogens with zero attached hydrogens (tertiary/aromatic N) is 2. The summed E-state index contributed by atoms with van der Waals surface area (Å²) in [5, 5.41) is 0. The number of rotatable bonds is 6. The van der Waals surface area contributed by atoms with Crippen molar-refractivity contribution in [2.75, 3.05) is 39.5 Å². The number of halogens is 1. The Balaban J connectivity index is 0.00000259. The topological polar surface area (TPSA) is 42.7 Å². The number of pyridine rings is 1. The van der Waals surface area contributed by atoms with Gasteiger partial charge < -0.3 is 33.5 Å². The van der Waals surface area contributed by atoms with E-state index in [0.29, 0.717) is 12.2 Å². The van der Waals surface area contributed by atoms with Crippen LogP contribution in [0.2, 0.25) is 0 Å². The Labute approximate surface area is 211 Å². The lowest BCUT2D eigenvalue weighted by Gasteiger charge is -2.26. The standard InChI is InChI=1S/C27H27N2O3.HI/c1-28-11-5-8-21(19-28)26-25(20-6-3-2-4-7-20)23-10-9-22(18-24(23)27(26)30)32-17-14-29-12-15-31-16-13-29;/h2-11,18-19H,12-17H2,1H3;1H/q+1;/p-1. The normalized spacial score (nSPS) is 15.8. The maximum atomic E-state index is 13.6. The van der Waals surface area contributed by atoms with Crippen LogP contribution in [0.5, 0.6) is 5.75 Å². The summed E-state index contributed by atoms with van der Waals surface area (Å²) >= 11 is 0. The van der Waals surface area contributed by atoms with Crippen LogP contribution < -0.4 is 33.3 Å². The molecule has 1 fully saturated rings. The van der Waals surface area contributed by atoms with Crippen molar-refractivity contribution in [2.45, 2.75) is 0 Å². The second-order valence-corrected chi connectivity index (χ2v) is 8.21. The summed E-state index contributed by atoms with van der Waals surface area (Å²) in [6.07, 6.45) is 3.97. The van der Waals surface area contributed by atoms with E-state index in [0.717, 1.165) is 66.4 Å². The SMILES string of the molecule is C[n+]1cccc(C2=C(c3ccccc3)c3ccc(OCCN4CCOCC4)cc3C2=O)c1.[I-]. The van der Waals surface area contributed by atoms with Crippen molar-refractivity contribution in [3.63, 3.8) is 0 Å². The van der Waals surface area contributed by atoms with Crippen molar-refractivity contribution in [3.05, 3.63) is 95.3 Å². The molecule has 2 heterocycles. The van der Waals surface area contributed by atoms with Gasteiger partial charge in [-0.1, -0.05) is 30.3 Å². The summed E-state index contributed by atoms with van der Waals surface area (Å²) in [4.78, 5) is 16.0. The maximum absolute atomic E-state index is 13.6. The van der Waals surface area contributed by atoms with Gasteiger partial charge in [-0.15, -0.1) is 0 Å². The summed E-state index contributed by atoms with van der Waals surface area (Å²) in [5.41, 5.74) is 5.36. The molecular formula is C27H27IN2O3. The summed E-state index contributed by atoms with van der Waals surface area (Å²) in [6.45, 7) is 4.88. The zero-order valence-corrected chi connectivity index (χ0v) is 20.8. The number of allylic oxidation sites excluding steroid dienone is 1. The van der Waals surface area contributed by atoms with Gasteiger partial charge in [-0.05, 0) is 35.4 Å². The van der Waals surface area contributed by atoms with E-state index < -0.39 is 0 Å². The van der Waals surface area contributed by atoms with Gasteiger partial charge >= 0.3 is 0 Å². The van der Waals surface area contributed by atoms with Crippen molar-refractivity contribution >= 4 is 16.9 Å². The Morgan fingerprint density at radius 3 is 2.45 bits per heavy atom. The quantitative estimate of drug-likeness (QED) is 0.327. The molecule has 0 spiro atoms. The number of hydrogen-bond acceptors (Lipinski definition) is 4. The number of morpholine rings is 1. The molecule has 5 nitrogen and oxygen atoms in total. The minimum Gasteiger partial charge on any atom is -1.00 e. The molecule has 2 aromatic carbocycles. The highest BCUT2D eigenvalue weighted by Gasteiger charge is 2.32. The van der Waals surface area contributed by atoms with Crippen LogP contribution in [0.3, 0.4) is 0 Å². The lowest BCUT2D eigenvalue weighted by molar-refractivity contribution is -0.671. The fraction of sp³-hybridized carbons (Fsp3) is 0.259. The Bertz CT molecular complexity index is 1170. The van der Waals surface area contributed by atoms with Gasteiger partial charge in [0.25, 0.3) is 0 Å².